The molecule has 4 aromatic rings. The third-order valence-corrected chi connectivity index (χ3v) is 7.54. The van der Waals surface area contributed by atoms with E-state index >= 15 is 0 Å². The number of rotatable bonds is 4. The van der Waals surface area contributed by atoms with Gasteiger partial charge in [0, 0.05) is 3.57 Å². The van der Waals surface area contributed by atoms with E-state index in [1.807, 2.05) is 48.5 Å². The van der Waals surface area contributed by atoms with Gasteiger partial charge >= 0.3 is 11.9 Å². The number of halogens is 1. The summed E-state index contributed by atoms with van der Waals surface area (Å²) >= 11 is 2.31. The summed E-state index contributed by atoms with van der Waals surface area (Å²) in [5, 5.41) is 0. The molecule has 0 radical (unpaired) electrons. The van der Waals surface area contributed by atoms with Crippen LogP contribution in [0.25, 0.3) is 0 Å². The largest absolute Gasteiger partial charge is 0.454 e. The van der Waals surface area contributed by atoms with E-state index in [1.165, 1.54) is 0 Å². The molecule has 4 atom stereocenters. The van der Waals surface area contributed by atoms with Crippen LogP contribution in [-0.2, 0) is 9.47 Å². The quantitative estimate of drug-likeness (QED) is 0.212. The molecule has 172 valence electrons. The molecule has 0 aromatic heterocycles. The summed E-state index contributed by atoms with van der Waals surface area (Å²) in [5.41, 5.74) is 5.41. The van der Waals surface area contributed by atoms with Gasteiger partial charge in [-0.2, -0.15) is 0 Å². The fourth-order valence-electron chi connectivity index (χ4n) is 5.40. The first-order chi connectivity index (χ1) is 17.1. The Kier molecular flexibility index (Phi) is 5.65. The van der Waals surface area contributed by atoms with Crippen LogP contribution in [0.4, 0.5) is 0 Å². The highest BCUT2D eigenvalue weighted by atomic mass is 127. The number of benzene rings is 4. The molecule has 4 nitrogen and oxygen atoms in total. The van der Waals surface area contributed by atoms with Crippen LogP contribution < -0.4 is 0 Å². The monoisotopic (exact) mass is 572 g/mol. The number of carbonyl (C=O) groups is 2. The molecule has 0 heterocycles. The molecule has 0 fully saturated rings. The van der Waals surface area contributed by atoms with E-state index in [1.54, 1.807) is 24.3 Å². The fraction of sp³-hybridized carbons (Fsp3) is 0.133. The highest BCUT2D eigenvalue weighted by molar-refractivity contribution is 14.1. The van der Waals surface area contributed by atoms with Crippen molar-refractivity contribution in [3.63, 3.8) is 0 Å². The third-order valence-electron chi connectivity index (χ3n) is 6.87. The van der Waals surface area contributed by atoms with Crippen molar-refractivity contribution in [2.75, 3.05) is 0 Å². The SMILES string of the molecule is O=C(OC1C2c3ccccc3C(c3cc(I)ccc32)C1OC(=O)c1ccccc1)c1ccccc1. The normalized spacial score (nSPS) is 21.5. The van der Waals surface area contributed by atoms with Gasteiger partial charge in [0.25, 0.3) is 0 Å². The second kappa shape index (κ2) is 8.96. The molecule has 0 amide bonds. The number of carbonyl (C=O) groups excluding carboxylic acids is 2. The zero-order valence-electron chi connectivity index (χ0n) is 18.6. The number of hydrogen-bond donors (Lipinski definition) is 0. The van der Waals surface area contributed by atoms with Crippen LogP contribution >= 0.6 is 22.6 Å². The van der Waals surface area contributed by atoms with Crippen molar-refractivity contribution in [2.24, 2.45) is 0 Å². The predicted molar refractivity (Wildman–Crippen MR) is 141 cm³/mol. The van der Waals surface area contributed by atoms with Gasteiger partial charge in [0.05, 0.1) is 23.0 Å². The van der Waals surface area contributed by atoms with Gasteiger partial charge in [0.15, 0.2) is 12.2 Å². The zero-order valence-corrected chi connectivity index (χ0v) is 20.8. The Morgan fingerprint density at radius 1 is 0.543 bits per heavy atom. The van der Waals surface area contributed by atoms with E-state index in [0.717, 1.165) is 25.8 Å². The van der Waals surface area contributed by atoms with Gasteiger partial charge in [0.2, 0.25) is 0 Å². The molecule has 0 saturated carbocycles. The first-order valence-corrected chi connectivity index (χ1v) is 12.6. The molecule has 3 aliphatic rings. The Labute approximate surface area is 217 Å². The maximum absolute atomic E-state index is 13.2. The zero-order chi connectivity index (χ0) is 23.9. The molecular weight excluding hydrogens is 551 g/mol. The van der Waals surface area contributed by atoms with Crippen LogP contribution in [-0.4, -0.2) is 24.1 Å². The van der Waals surface area contributed by atoms with E-state index in [4.69, 9.17) is 9.47 Å². The molecule has 7 rings (SSSR count). The number of hydrogen-bond acceptors (Lipinski definition) is 4. The van der Waals surface area contributed by atoms with E-state index < -0.39 is 24.1 Å². The van der Waals surface area contributed by atoms with Gasteiger partial charge < -0.3 is 9.47 Å². The smallest absolute Gasteiger partial charge is 0.338 e. The van der Waals surface area contributed by atoms with E-state index in [2.05, 4.69) is 52.9 Å². The summed E-state index contributed by atoms with van der Waals surface area (Å²) in [6.07, 6.45) is -1.30. The van der Waals surface area contributed by atoms with Crippen LogP contribution in [0.1, 0.15) is 54.8 Å². The lowest BCUT2D eigenvalue weighted by Gasteiger charge is -2.49. The molecule has 0 aliphatic heterocycles. The molecule has 4 unspecified atom stereocenters. The number of ether oxygens (including phenoxy) is 2. The van der Waals surface area contributed by atoms with Crippen molar-refractivity contribution < 1.29 is 19.1 Å². The summed E-state index contributed by atoms with van der Waals surface area (Å²) in [6, 6.07) is 32.4. The Morgan fingerprint density at radius 3 is 1.49 bits per heavy atom. The number of esters is 2. The first-order valence-electron chi connectivity index (χ1n) is 11.5. The molecule has 5 heteroatoms. The maximum atomic E-state index is 13.2. The van der Waals surface area contributed by atoms with Gasteiger partial charge in [-0.15, -0.1) is 0 Å². The minimum atomic E-state index is -0.652. The summed E-state index contributed by atoms with van der Waals surface area (Å²) in [6.45, 7) is 0. The lowest BCUT2D eigenvalue weighted by atomic mass is 9.61. The van der Waals surface area contributed by atoms with Crippen LogP contribution in [0.3, 0.4) is 0 Å². The van der Waals surface area contributed by atoms with Crippen molar-refractivity contribution in [3.8, 4) is 0 Å². The Bertz CT molecular complexity index is 1420. The molecule has 0 N–H and O–H groups in total. The van der Waals surface area contributed by atoms with Crippen molar-refractivity contribution in [1.29, 1.82) is 0 Å². The third kappa shape index (κ3) is 3.84. The standard InChI is InChI=1S/C30H21IO4/c31-20-15-16-23-24(17-20)26-22-14-8-7-13-21(22)25(23)27(34-29(32)18-9-3-1-4-10-18)28(26)35-30(33)19-11-5-2-6-12-19/h1-17,25-28H. The van der Waals surface area contributed by atoms with Gasteiger partial charge in [-0.25, -0.2) is 9.59 Å². The lowest BCUT2D eigenvalue weighted by Crippen LogP contribution is -2.51. The van der Waals surface area contributed by atoms with Gasteiger partial charge in [0.1, 0.15) is 0 Å². The fourth-order valence-corrected chi connectivity index (χ4v) is 5.92. The minimum Gasteiger partial charge on any atom is -0.454 e. The van der Waals surface area contributed by atoms with E-state index in [0.29, 0.717) is 11.1 Å². The highest BCUT2D eigenvalue weighted by Gasteiger charge is 2.53. The van der Waals surface area contributed by atoms with Crippen molar-refractivity contribution >= 4 is 34.5 Å². The van der Waals surface area contributed by atoms with Gasteiger partial charge in [-0.05, 0) is 81.2 Å². The van der Waals surface area contributed by atoms with Crippen LogP contribution in [0.5, 0.6) is 0 Å². The highest BCUT2D eigenvalue weighted by Crippen LogP contribution is 2.55. The van der Waals surface area contributed by atoms with Crippen LogP contribution in [0.2, 0.25) is 0 Å². The summed E-state index contributed by atoms with van der Waals surface area (Å²) in [5.74, 6) is -1.31. The molecule has 3 aliphatic carbocycles. The second-order valence-electron chi connectivity index (χ2n) is 8.83. The first kappa shape index (κ1) is 22.0. The van der Waals surface area contributed by atoms with Gasteiger partial charge in [-0.1, -0.05) is 66.7 Å². The summed E-state index contributed by atoms with van der Waals surface area (Å²) < 4.78 is 13.5. The topological polar surface area (TPSA) is 52.6 Å². The van der Waals surface area contributed by atoms with E-state index in [9.17, 15) is 9.59 Å². The Hall–Kier alpha value is -3.45. The number of fused-ring (bicyclic) bond motifs is 1. The average molecular weight is 572 g/mol. The molecule has 35 heavy (non-hydrogen) atoms. The predicted octanol–water partition coefficient (Wildman–Crippen LogP) is 6.33. The van der Waals surface area contributed by atoms with Crippen molar-refractivity contribution in [1.82, 2.24) is 0 Å². The molecule has 4 aromatic carbocycles. The van der Waals surface area contributed by atoms with Crippen LogP contribution in [0, 0.1) is 3.57 Å². The molecular formula is C30H21IO4. The average Bonchev–Trinajstić information content (AvgIpc) is 2.90. The maximum Gasteiger partial charge on any atom is 0.338 e. The lowest BCUT2D eigenvalue weighted by molar-refractivity contribution is -0.0557. The molecule has 0 saturated heterocycles. The molecule has 0 spiro atoms. The summed E-state index contributed by atoms with van der Waals surface area (Å²) in [7, 11) is 0. The molecule has 2 bridgehead atoms. The van der Waals surface area contributed by atoms with Gasteiger partial charge in [-0.3, -0.25) is 0 Å². The summed E-state index contributed by atoms with van der Waals surface area (Å²) in [4.78, 5) is 26.4. The van der Waals surface area contributed by atoms with Crippen molar-refractivity contribution in [2.45, 2.75) is 24.0 Å². The minimum absolute atomic E-state index is 0.232. The second-order valence-corrected chi connectivity index (χ2v) is 10.1. The van der Waals surface area contributed by atoms with E-state index in [-0.39, 0.29) is 11.8 Å². The Balaban J connectivity index is 1.47. The van der Waals surface area contributed by atoms with Crippen LogP contribution in [0.15, 0.2) is 103 Å². The van der Waals surface area contributed by atoms with Crippen molar-refractivity contribution in [3.05, 3.63) is 140 Å². The Morgan fingerprint density at radius 2 is 0.971 bits per heavy atom.